The first kappa shape index (κ1) is 13.4. The van der Waals surface area contributed by atoms with Gasteiger partial charge < -0.3 is 4.74 Å². The molecule has 0 spiro atoms. The number of likely N-dealkylation sites (tertiary alicyclic amines) is 1. The first-order valence-electron chi connectivity index (χ1n) is 7.21. The maximum absolute atomic E-state index is 12.2. The van der Waals surface area contributed by atoms with Gasteiger partial charge in [-0.15, -0.1) is 0 Å². The molecular formula is C17H21NO2. The lowest BCUT2D eigenvalue weighted by atomic mass is 9.92. The molecule has 0 amide bonds. The van der Waals surface area contributed by atoms with E-state index in [0.29, 0.717) is 6.04 Å². The number of esters is 1. The number of benzene rings is 1. The predicted octanol–water partition coefficient (Wildman–Crippen LogP) is 2.94. The van der Waals surface area contributed by atoms with Crippen LogP contribution < -0.4 is 0 Å². The van der Waals surface area contributed by atoms with Gasteiger partial charge in [0, 0.05) is 18.0 Å². The SMILES string of the molecule is C=C1C[C@@H]2C[C@H]1C(C(=O)OC)N2[C@H](C)c1ccccc1. The van der Waals surface area contributed by atoms with E-state index in [1.54, 1.807) is 0 Å². The van der Waals surface area contributed by atoms with Crippen molar-refractivity contribution in [1.29, 1.82) is 0 Å². The van der Waals surface area contributed by atoms with Gasteiger partial charge in [-0.2, -0.15) is 0 Å². The molecule has 4 atom stereocenters. The summed E-state index contributed by atoms with van der Waals surface area (Å²) in [5.41, 5.74) is 2.46. The number of hydrogen-bond donors (Lipinski definition) is 0. The van der Waals surface area contributed by atoms with Crippen molar-refractivity contribution in [3.63, 3.8) is 0 Å². The number of rotatable bonds is 3. The highest BCUT2D eigenvalue weighted by molar-refractivity contribution is 5.78. The Labute approximate surface area is 120 Å². The van der Waals surface area contributed by atoms with Crippen LogP contribution in [0.1, 0.15) is 31.4 Å². The average molecular weight is 271 g/mol. The van der Waals surface area contributed by atoms with Crippen molar-refractivity contribution >= 4 is 5.97 Å². The summed E-state index contributed by atoms with van der Waals surface area (Å²) in [5.74, 6) is 0.139. The van der Waals surface area contributed by atoms with E-state index in [0.717, 1.165) is 12.8 Å². The molecule has 1 aromatic rings. The molecule has 0 radical (unpaired) electrons. The van der Waals surface area contributed by atoms with Crippen LogP contribution in [0.3, 0.4) is 0 Å². The highest BCUT2D eigenvalue weighted by Gasteiger charge is 2.53. The quantitative estimate of drug-likeness (QED) is 0.625. The van der Waals surface area contributed by atoms with Gasteiger partial charge in [-0.1, -0.05) is 42.5 Å². The van der Waals surface area contributed by atoms with Crippen molar-refractivity contribution in [3.8, 4) is 0 Å². The van der Waals surface area contributed by atoms with Crippen LogP contribution in [0.5, 0.6) is 0 Å². The summed E-state index contributed by atoms with van der Waals surface area (Å²) >= 11 is 0. The summed E-state index contributed by atoms with van der Waals surface area (Å²) in [6.45, 7) is 6.31. The van der Waals surface area contributed by atoms with Gasteiger partial charge in [-0.05, 0) is 25.3 Å². The molecule has 2 aliphatic rings. The topological polar surface area (TPSA) is 29.5 Å². The Hall–Kier alpha value is -1.61. The van der Waals surface area contributed by atoms with E-state index in [1.807, 2.05) is 18.2 Å². The van der Waals surface area contributed by atoms with Gasteiger partial charge in [0.1, 0.15) is 6.04 Å². The zero-order chi connectivity index (χ0) is 14.3. The number of methoxy groups -OCH3 is 1. The van der Waals surface area contributed by atoms with Gasteiger partial charge in [-0.25, -0.2) is 0 Å². The molecule has 1 aromatic carbocycles. The second-order valence-corrected chi connectivity index (χ2v) is 5.86. The minimum absolute atomic E-state index is 0.124. The number of nitrogens with zero attached hydrogens (tertiary/aromatic N) is 1. The van der Waals surface area contributed by atoms with Gasteiger partial charge in [0.05, 0.1) is 7.11 Å². The summed E-state index contributed by atoms with van der Waals surface area (Å²) in [4.78, 5) is 14.5. The van der Waals surface area contributed by atoms with E-state index in [4.69, 9.17) is 4.74 Å². The van der Waals surface area contributed by atoms with Crippen LogP contribution in [0.25, 0.3) is 0 Å². The van der Waals surface area contributed by atoms with Gasteiger partial charge in [-0.3, -0.25) is 9.69 Å². The van der Waals surface area contributed by atoms with Crippen molar-refractivity contribution in [1.82, 2.24) is 4.90 Å². The third kappa shape index (κ3) is 1.97. The fraction of sp³-hybridized carbons (Fsp3) is 0.471. The summed E-state index contributed by atoms with van der Waals surface area (Å²) in [7, 11) is 1.47. The monoisotopic (exact) mass is 271 g/mol. The molecule has 1 saturated heterocycles. The Balaban J connectivity index is 1.91. The normalized spacial score (nSPS) is 30.5. The lowest BCUT2D eigenvalue weighted by Gasteiger charge is -2.38. The van der Waals surface area contributed by atoms with E-state index in [-0.39, 0.29) is 24.0 Å². The van der Waals surface area contributed by atoms with Crippen LogP contribution >= 0.6 is 0 Å². The third-order valence-electron chi connectivity index (χ3n) is 4.84. The van der Waals surface area contributed by atoms with Crippen LogP contribution in [0, 0.1) is 5.92 Å². The number of ether oxygens (including phenoxy) is 1. The molecule has 1 unspecified atom stereocenters. The fourth-order valence-corrected chi connectivity index (χ4v) is 3.88. The van der Waals surface area contributed by atoms with Crippen molar-refractivity contribution in [2.24, 2.45) is 5.92 Å². The highest BCUT2D eigenvalue weighted by Crippen LogP contribution is 2.49. The molecule has 3 nitrogen and oxygen atoms in total. The summed E-state index contributed by atoms with van der Waals surface area (Å²) in [6.07, 6.45) is 2.05. The Kier molecular flexibility index (Phi) is 3.38. The Morgan fingerprint density at radius 1 is 1.40 bits per heavy atom. The largest absolute Gasteiger partial charge is 0.468 e. The highest BCUT2D eigenvalue weighted by atomic mass is 16.5. The molecule has 1 aliphatic carbocycles. The average Bonchev–Trinajstić information content (AvgIpc) is 3.03. The summed E-state index contributed by atoms with van der Waals surface area (Å²) in [5, 5.41) is 0. The summed E-state index contributed by atoms with van der Waals surface area (Å²) in [6, 6.07) is 10.8. The molecule has 1 heterocycles. The van der Waals surface area contributed by atoms with Crippen molar-refractivity contribution in [3.05, 3.63) is 48.0 Å². The smallest absolute Gasteiger partial charge is 0.323 e. The molecular weight excluding hydrogens is 250 g/mol. The Morgan fingerprint density at radius 3 is 2.75 bits per heavy atom. The Morgan fingerprint density at radius 2 is 2.10 bits per heavy atom. The van der Waals surface area contributed by atoms with Crippen molar-refractivity contribution in [2.45, 2.75) is 37.9 Å². The number of carbonyl (C=O) groups excluding carboxylic acids is 1. The maximum Gasteiger partial charge on any atom is 0.323 e. The third-order valence-corrected chi connectivity index (χ3v) is 4.84. The van der Waals surface area contributed by atoms with Gasteiger partial charge in [0.2, 0.25) is 0 Å². The second kappa shape index (κ2) is 5.06. The number of fused-ring (bicyclic) bond motifs is 2. The minimum atomic E-state index is -0.165. The first-order chi connectivity index (χ1) is 9.63. The minimum Gasteiger partial charge on any atom is -0.468 e. The van der Waals surface area contributed by atoms with Crippen LogP contribution in [-0.2, 0) is 9.53 Å². The molecule has 0 aromatic heterocycles. The van der Waals surface area contributed by atoms with Gasteiger partial charge in [0.15, 0.2) is 0 Å². The molecule has 0 N–H and O–H groups in total. The molecule has 3 rings (SSSR count). The second-order valence-electron chi connectivity index (χ2n) is 5.86. The molecule has 1 saturated carbocycles. The molecule has 20 heavy (non-hydrogen) atoms. The van der Waals surface area contributed by atoms with Crippen LogP contribution in [0.4, 0.5) is 0 Å². The van der Waals surface area contributed by atoms with E-state index in [1.165, 1.54) is 18.2 Å². The molecule has 2 bridgehead atoms. The van der Waals surface area contributed by atoms with E-state index >= 15 is 0 Å². The summed E-state index contributed by atoms with van der Waals surface area (Å²) < 4.78 is 5.03. The van der Waals surface area contributed by atoms with E-state index in [9.17, 15) is 4.79 Å². The predicted molar refractivity (Wildman–Crippen MR) is 78.2 cm³/mol. The zero-order valence-corrected chi connectivity index (χ0v) is 12.1. The zero-order valence-electron chi connectivity index (χ0n) is 12.1. The lowest BCUT2D eigenvalue weighted by Crippen LogP contribution is -2.47. The van der Waals surface area contributed by atoms with E-state index < -0.39 is 0 Å². The molecule has 106 valence electrons. The fourth-order valence-electron chi connectivity index (χ4n) is 3.88. The Bertz CT molecular complexity index is 525. The standard InChI is InChI=1S/C17H21NO2/c1-11-9-14-10-15(11)16(17(19)20-3)18(14)12(2)13-7-5-4-6-8-13/h4-8,12,14-16H,1,9-10H2,2-3H3/t12-,14-,15-,16?/m1/s1. The van der Waals surface area contributed by atoms with Crippen LogP contribution in [0.15, 0.2) is 42.5 Å². The molecule has 1 aliphatic heterocycles. The molecule has 3 heteroatoms. The first-order valence-corrected chi connectivity index (χ1v) is 7.21. The van der Waals surface area contributed by atoms with Crippen LogP contribution in [-0.4, -0.2) is 30.1 Å². The van der Waals surface area contributed by atoms with E-state index in [2.05, 4.69) is 30.5 Å². The lowest BCUT2D eigenvalue weighted by molar-refractivity contribution is -0.149. The van der Waals surface area contributed by atoms with Crippen LogP contribution in [0.2, 0.25) is 0 Å². The maximum atomic E-state index is 12.2. The number of hydrogen-bond acceptors (Lipinski definition) is 3. The van der Waals surface area contributed by atoms with Gasteiger partial charge in [0.25, 0.3) is 0 Å². The number of piperidine rings is 1. The molecule has 2 fully saturated rings. The van der Waals surface area contributed by atoms with Gasteiger partial charge >= 0.3 is 5.97 Å². The number of carbonyl (C=O) groups is 1. The van der Waals surface area contributed by atoms with Crippen molar-refractivity contribution < 1.29 is 9.53 Å². The van der Waals surface area contributed by atoms with Crippen molar-refractivity contribution in [2.75, 3.05) is 7.11 Å².